The molecule has 0 amide bonds. The van der Waals surface area contributed by atoms with Crippen LogP contribution in [0.15, 0.2) is 23.3 Å². The number of hydrogen-bond acceptors (Lipinski definition) is 10. The second-order valence-electron chi connectivity index (χ2n) is 7.08. The minimum absolute atomic E-state index is 0.00737. The Morgan fingerprint density at radius 2 is 1.77 bits per heavy atom. The maximum Gasteiger partial charge on any atom is 0.229 e. The Labute approximate surface area is 171 Å². The lowest BCUT2D eigenvalue weighted by molar-refractivity contribution is -0.277. The molecule has 3 rings (SSSR count). The number of Topliss-reactive ketones (excluding diaryl/α,β-unsaturated/α-hetero) is 3. The summed E-state index contributed by atoms with van der Waals surface area (Å²) in [5.41, 5.74) is -0.557. The largest absolute Gasteiger partial charge is 0.497 e. The number of aliphatic hydroxyl groups excluding tert-OH is 4. The summed E-state index contributed by atoms with van der Waals surface area (Å²) in [4.78, 5) is 37.8. The molecule has 10 nitrogen and oxygen atoms in total. The van der Waals surface area contributed by atoms with E-state index in [0.717, 1.165) is 6.92 Å². The van der Waals surface area contributed by atoms with Gasteiger partial charge >= 0.3 is 0 Å². The smallest absolute Gasteiger partial charge is 0.229 e. The molecule has 162 valence electrons. The summed E-state index contributed by atoms with van der Waals surface area (Å²) < 4.78 is 16.1. The topological polar surface area (TPSA) is 160 Å². The van der Waals surface area contributed by atoms with Crippen molar-refractivity contribution >= 4 is 17.3 Å². The first-order valence-corrected chi connectivity index (χ1v) is 9.12. The number of benzene rings is 1. The summed E-state index contributed by atoms with van der Waals surface area (Å²) in [6.45, 7) is 1.86. The molecule has 1 aromatic carbocycles. The zero-order chi connectivity index (χ0) is 22.3. The average molecular weight is 422 g/mol. The van der Waals surface area contributed by atoms with Crippen molar-refractivity contribution in [3.8, 4) is 11.5 Å². The van der Waals surface area contributed by atoms with Gasteiger partial charge in [0, 0.05) is 17.2 Å². The fourth-order valence-corrected chi connectivity index (χ4v) is 3.54. The second kappa shape index (κ2) is 8.25. The van der Waals surface area contributed by atoms with Crippen LogP contribution >= 0.6 is 0 Å². The monoisotopic (exact) mass is 422 g/mol. The van der Waals surface area contributed by atoms with Crippen LogP contribution in [-0.4, -0.2) is 82.2 Å². The Hall–Kier alpha value is -2.63. The Balaban J connectivity index is 2.09. The van der Waals surface area contributed by atoms with Gasteiger partial charge in [-0.1, -0.05) is 0 Å². The molecule has 30 heavy (non-hydrogen) atoms. The standard InChI is InChI=1S/C20H22O10/c1-7-13(8(2)22)17(25)14-10(15(7)23)4-9(28-3)5-11(14)29-20-19(27)18(26)16(24)12(6-21)30-20/h4-5,12,16,18-21,24,26-27H,6H2,1-3H3/t12-,16-,18+,19-,20-/m1/s1. The molecule has 5 atom stereocenters. The fourth-order valence-electron chi connectivity index (χ4n) is 3.54. The van der Waals surface area contributed by atoms with Crippen LogP contribution in [0.25, 0.3) is 0 Å². The van der Waals surface area contributed by atoms with E-state index in [-0.39, 0.29) is 33.8 Å². The minimum atomic E-state index is -1.73. The van der Waals surface area contributed by atoms with Gasteiger partial charge < -0.3 is 34.6 Å². The number of allylic oxidation sites excluding steroid dienone is 2. The lowest BCUT2D eigenvalue weighted by atomic mass is 9.82. The van der Waals surface area contributed by atoms with Crippen LogP contribution in [0.4, 0.5) is 0 Å². The summed E-state index contributed by atoms with van der Waals surface area (Å²) in [7, 11) is 1.33. The van der Waals surface area contributed by atoms with Gasteiger partial charge in [0.15, 0.2) is 11.6 Å². The molecule has 1 aliphatic carbocycles. The molecule has 0 unspecified atom stereocenters. The van der Waals surface area contributed by atoms with Gasteiger partial charge in [-0.2, -0.15) is 0 Å². The molecule has 1 heterocycles. The summed E-state index contributed by atoms with van der Waals surface area (Å²) in [5.74, 6) is -1.96. The number of rotatable bonds is 5. The van der Waals surface area contributed by atoms with E-state index in [9.17, 15) is 34.8 Å². The van der Waals surface area contributed by atoms with Crippen molar-refractivity contribution in [2.75, 3.05) is 13.7 Å². The van der Waals surface area contributed by atoms with Gasteiger partial charge in [0.1, 0.15) is 35.9 Å². The fraction of sp³-hybridized carbons (Fsp3) is 0.450. The van der Waals surface area contributed by atoms with Crippen molar-refractivity contribution in [1.29, 1.82) is 0 Å². The highest BCUT2D eigenvalue weighted by atomic mass is 16.7. The van der Waals surface area contributed by atoms with E-state index in [4.69, 9.17) is 14.2 Å². The molecule has 1 aromatic rings. The summed E-state index contributed by atoms with van der Waals surface area (Å²) >= 11 is 0. The molecule has 4 N–H and O–H groups in total. The van der Waals surface area contributed by atoms with E-state index in [2.05, 4.69) is 0 Å². The van der Waals surface area contributed by atoms with Crippen LogP contribution in [0, 0.1) is 0 Å². The molecule has 1 fully saturated rings. The first kappa shape index (κ1) is 22.1. The molecule has 0 bridgehead atoms. The van der Waals surface area contributed by atoms with Crippen molar-refractivity contribution in [3.05, 3.63) is 34.4 Å². The van der Waals surface area contributed by atoms with E-state index >= 15 is 0 Å². The third-order valence-corrected chi connectivity index (χ3v) is 5.17. The van der Waals surface area contributed by atoms with Crippen LogP contribution < -0.4 is 9.47 Å². The quantitative estimate of drug-likeness (QED) is 0.441. The molecular formula is C20H22O10. The van der Waals surface area contributed by atoms with Gasteiger partial charge in [-0.25, -0.2) is 0 Å². The second-order valence-corrected chi connectivity index (χ2v) is 7.08. The third kappa shape index (κ3) is 3.53. The molecule has 1 saturated heterocycles. The molecule has 0 saturated carbocycles. The summed E-state index contributed by atoms with van der Waals surface area (Å²) in [6, 6.07) is 2.60. The maximum atomic E-state index is 13.0. The highest BCUT2D eigenvalue weighted by Crippen LogP contribution is 2.38. The van der Waals surface area contributed by atoms with E-state index < -0.39 is 54.7 Å². The van der Waals surface area contributed by atoms with Crippen molar-refractivity contribution in [2.24, 2.45) is 0 Å². The predicted molar refractivity (Wildman–Crippen MR) is 99.4 cm³/mol. The zero-order valence-corrected chi connectivity index (χ0v) is 16.5. The number of carbonyl (C=O) groups is 3. The highest BCUT2D eigenvalue weighted by Gasteiger charge is 2.45. The van der Waals surface area contributed by atoms with Crippen LogP contribution in [0.3, 0.4) is 0 Å². The Morgan fingerprint density at radius 3 is 2.33 bits per heavy atom. The van der Waals surface area contributed by atoms with Gasteiger partial charge in [-0.15, -0.1) is 0 Å². The lowest BCUT2D eigenvalue weighted by Crippen LogP contribution is -2.60. The number of fused-ring (bicyclic) bond motifs is 1. The molecule has 0 aromatic heterocycles. The van der Waals surface area contributed by atoms with Gasteiger partial charge in [-0.3, -0.25) is 14.4 Å². The number of aliphatic hydroxyl groups is 4. The first-order valence-electron chi connectivity index (χ1n) is 9.12. The normalized spacial score (nSPS) is 29.0. The van der Waals surface area contributed by atoms with E-state index in [1.165, 1.54) is 26.2 Å². The predicted octanol–water partition coefficient (Wildman–Crippen LogP) is -0.842. The van der Waals surface area contributed by atoms with E-state index in [1.54, 1.807) is 0 Å². The first-order chi connectivity index (χ1) is 14.1. The third-order valence-electron chi connectivity index (χ3n) is 5.17. The van der Waals surface area contributed by atoms with E-state index in [1.807, 2.05) is 0 Å². The number of carbonyl (C=O) groups excluding carboxylic acids is 3. The molecule has 0 spiro atoms. The number of methoxy groups -OCH3 is 1. The number of ether oxygens (including phenoxy) is 3. The SMILES string of the molecule is COc1cc(O[C@@H]2O[C@H](CO)[C@@H](O)[C@H](O)[C@H]2O)c2c(c1)C(=O)C(C)=C(C(C)=O)C2=O. The van der Waals surface area contributed by atoms with Crippen molar-refractivity contribution < 1.29 is 49.0 Å². The van der Waals surface area contributed by atoms with Crippen LogP contribution in [0.5, 0.6) is 11.5 Å². The van der Waals surface area contributed by atoms with Gasteiger partial charge in [0.2, 0.25) is 12.1 Å². The summed E-state index contributed by atoms with van der Waals surface area (Å²) in [6.07, 6.45) is -7.85. The van der Waals surface area contributed by atoms with Gasteiger partial charge in [-0.05, 0) is 19.9 Å². The summed E-state index contributed by atoms with van der Waals surface area (Å²) in [5, 5.41) is 39.4. The highest BCUT2D eigenvalue weighted by molar-refractivity contribution is 6.37. The molecule has 1 aliphatic heterocycles. The average Bonchev–Trinajstić information content (AvgIpc) is 2.71. The molecule has 2 aliphatic rings. The van der Waals surface area contributed by atoms with Crippen LogP contribution in [-0.2, 0) is 9.53 Å². The van der Waals surface area contributed by atoms with Crippen molar-refractivity contribution in [2.45, 2.75) is 44.6 Å². The zero-order valence-electron chi connectivity index (χ0n) is 16.5. The molecular weight excluding hydrogens is 400 g/mol. The van der Waals surface area contributed by atoms with Crippen LogP contribution in [0.2, 0.25) is 0 Å². The Bertz CT molecular complexity index is 932. The molecule has 10 heteroatoms. The maximum absolute atomic E-state index is 13.0. The lowest BCUT2D eigenvalue weighted by Gasteiger charge is -2.39. The van der Waals surface area contributed by atoms with Crippen molar-refractivity contribution in [1.82, 2.24) is 0 Å². The Morgan fingerprint density at radius 1 is 1.10 bits per heavy atom. The van der Waals surface area contributed by atoms with Gasteiger partial charge in [0.05, 0.1) is 24.9 Å². The van der Waals surface area contributed by atoms with Gasteiger partial charge in [0.25, 0.3) is 0 Å². The van der Waals surface area contributed by atoms with Crippen molar-refractivity contribution in [3.63, 3.8) is 0 Å². The Kier molecular flexibility index (Phi) is 6.06. The minimum Gasteiger partial charge on any atom is -0.497 e. The van der Waals surface area contributed by atoms with Crippen LogP contribution in [0.1, 0.15) is 34.6 Å². The molecule has 0 radical (unpaired) electrons. The number of ketones is 3. The number of hydrogen-bond donors (Lipinski definition) is 4. The van der Waals surface area contributed by atoms with E-state index in [0.29, 0.717) is 0 Å².